The van der Waals surface area contributed by atoms with Crippen molar-refractivity contribution in [2.45, 2.75) is 6.61 Å². The normalized spacial score (nSPS) is 9.72. The van der Waals surface area contributed by atoms with E-state index in [1.807, 2.05) is 6.07 Å². The molecule has 0 aliphatic heterocycles. The number of ether oxygens (including phenoxy) is 1. The zero-order valence-corrected chi connectivity index (χ0v) is 9.38. The van der Waals surface area contributed by atoms with Crippen molar-refractivity contribution in [2.24, 2.45) is 0 Å². The maximum atomic E-state index is 9.01. The Balaban J connectivity index is 2.24. The predicted octanol–water partition coefficient (Wildman–Crippen LogP) is 1.71. The van der Waals surface area contributed by atoms with Crippen molar-refractivity contribution in [3.8, 4) is 11.8 Å². The van der Waals surface area contributed by atoms with Crippen LogP contribution < -0.4 is 10.5 Å². The second-order valence-electron chi connectivity index (χ2n) is 3.51. The van der Waals surface area contributed by atoms with E-state index in [0.717, 1.165) is 6.21 Å². The molecule has 1 aromatic heterocycles. The lowest BCUT2D eigenvalue weighted by atomic mass is 10.1. The molecular weight excluding hydrogens is 232 g/mol. The third-order valence-electron chi connectivity index (χ3n) is 2.33. The van der Waals surface area contributed by atoms with E-state index in [0.29, 0.717) is 28.3 Å². The van der Waals surface area contributed by atoms with Gasteiger partial charge in [-0.25, -0.2) is 0 Å². The van der Waals surface area contributed by atoms with Crippen molar-refractivity contribution in [1.29, 1.82) is 10.7 Å². The molecule has 0 atom stereocenters. The van der Waals surface area contributed by atoms with Gasteiger partial charge in [0.25, 0.3) is 0 Å². The van der Waals surface area contributed by atoms with Gasteiger partial charge in [0.15, 0.2) is 0 Å². The molecule has 1 aromatic carbocycles. The molecular formula is C12H10N4O2. The molecule has 0 bridgehead atoms. The van der Waals surface area contributed by atoms with Gasteiger partial charge in [0, 0.05) is 29.6 Å². The number of nitrogens with zero attached hydrogens (tertiary/aromatic N) is 2. The molecule has 0 unspecified atom stereocenters. The van der Waals surface area contributed by atoms with Gasteiger partial charge in [-0.1, -0.05) is 5.16 Å². The number of nitrogens with one attached hydrogen (secondary N) is 1. The van der Waals surface area contributed by atoms with Crippen LogP contribution in [0, 0.1) is 16.7 Å². The maximum Gasteiger partial charge on any atom is 0.139 e. The van der Waals surface area contributed by atoms with Gasteiger partial charge >= 0.3 is 0 Å². The standard InChI is InChI=1S/C12H10N4O2/c13-5-8-3-9(6-14)12(4-11(8)15)17-7-10-1-2-18-16-10/h1-5,13H,7,15H2. The smallest absolute Gasteiger partial charge is 0.139 e. The second-order valence-corrected chi connectivity index (χ2v) is 3.51. The maximum absolute atomic E-state index is 9.01. The Morgan fingerprint density at radius 2 is 2.39 bits per heavy atom. The Morgan fingerprint density at radius 3 is 3.00 bits per heavy atom. The Morgan fingerprint density at radius 1 is 1.56 bits per heavy atom. The van der Waals surface area contributed by atoms with Gasteiger partial charge in [0.05, 0.1) is 5.56 Å². The van der Waals surface area contributed by atoms with Gasteiger partial charge in [-0.15, -0.1) is 0 Å². The summed E-state index contributed by atoms with van der Waals surface area (Å²) in [4.78, 5) is 0. The van der Waals surface area contributed by atoms with Crippen molar-refractivity contribution in [1.82, 2.24) is 5.16 Å². The molecule has 6 nitrogen and oxygen atoms in total. The largest absolute Gasteiger partial charge is 0.486 e. The average Bonchev–Trinajstić information content (AvgIpc) is 2.89. The number of benzene rings is 1. The van der Waals surface area contributed by atoms with Crippen LogP contribution in [0.3, 0.4) is 0 Å². The van der Waals surface area contributed by atoms with Crippen LogP contribution >= 0.6 is 0 Å². The number of aromatic nitrogens is 1. The van der Waals surface area contributed by atoms with E-state index < -0.39 is 0 Å². The topological polar surface area (TPSA) is 109 Å². The number of nitrogens with two attached hydrogens (primary N) is 1. The first-order valence-electron chi connectivity index (χ1n) is 5.10. The summed E-state index contributed by atoms with van der Waals surface area (Å²) in [6, 6.07) is 6.71. The molecule has 0 aliphatic rings. The number of anilines is 1. The molecule has 6 heteroatoms. The Hall–Kier alpha value is -2.81. The zero-order valence-electron chi connectivity index (χ0n) is 9.38. The quantitative estimate of drug-likeness (QED) is 0.626. The van der Waals surface area contributed by atoms with Crippen molar-refractivity contribution >= 4 is 11.9 Å². The molecule has 1 heterocycles. The molecule has 2 rings (SSSR count). The SMILES string of the molecule is N#Cc1cc(C=N)c(N)cc1OCc1ccon1. The second kappa shape index (κ2) is 5.01. The van der Waals surface area contributed by atoms with Crippen LogP contribution in [0.25, 0.3) is 0 Å². The summed E-state index contributed by atoms with van der Waals surface area (Å²) in [6.07, 6.45) is 2.54. The lowest BCUT2D eigenvalue weighted by Gasteiger charge is -2.08. The van der Waals surface area contributed by atoms with E-state index >= 15 is 0 Å². The minimum Gasteiger partial charge on any atom is -0.486 e. The predicted molar refractivity (Wildman–Crippen MR) is 64.3 cm³/mol. The molecule has 0 fully saturated rings. The van der Waals surface area contributed by atoms with E-state index in [1.165, 1.54) is 18.4 Å². The molecule has 90 valence electrons. The summed E-state index contributed by atoms with van der Waals surface area (Å²) in [5.41, 5.74) is 7.55. The summed E-state index contributed by atoms with van der Waals surface area (Å²) in [5.74, 6) is 0.364. The lowest BCUT2D eigenvalue weighted by molar-refractivity contribution is 0.288. The molecule has 0 amide bonds. The molecule has 0 saturated carbocycles. The van der Waals surface area contributed by atoms with Crippen LogP contribution in [0.4, 0.5) is 5.69 Å². The fourth-order valence-electron chi connectivity index (χ4n) is 1.41. The highest BCUT2D eigenvalue weighted by atomic mass is 16.5. The number of hydrogen-bond acceptors (Lipinski definition) is 6. The highest BCUT2D eigenvalue weighted by Crippen LogP contribution is 2.24. The van der Waals surface area contributed by atoms with E-state index in [9.17, 15) is 0 Å². The van der Waals surface area contributed by atoms with Crippen molar-refractivity contribution in [3.63, 3.8) is 0 Å². The third kappa shape index (κ3) is 2.30. The summed E-state index contributed by atoms with van der Waals surface area (Å²) in [6.45, 7) is 0.189. The highest BCUT2D eigenvalue weighted by Gasteiger charge is 2.09. The Bertz CT molecular complexity index is 599. The van der Waals surface area contributed by atoms with E-state index in [-0.39, 0.29) is 6.61 Å². The number of nitrogen functional groups attached to an aromatic ring is 1. The number of hydrogen-bond donors (Lipinski definition) is 2. The van der Waals surface area contributed by atoms with Crippen LogP contribution in [0.2, 0.25) is 0 Å². The van der Waals surface area contributed by atoms with Gasteiger partial charge < -0.3 is 20.4 Å². The molecule has 0 aliphatic carbocycles. The molecule has 0 radical (unpaired) electrons. The van der Waals surface area contributed by atoms with Gasteiger partial charge in [-0.2, -0.15) is 5.26 Å². The van der Waals surface area contributed by atoms with Gasteiger partial charge in [-0.3, -0.25) is 0 Å². The summed E-state index contributed by atoms with van der Waals surface area (Å²) in [5, 5.41) is 19.9. The van der Waals surface area contributed by atoms with E-state index in [1.54, 1.807) is 6.07 Å². The van der Waals surface area contributed by atoms with Crippen LogP contribution in [0.15, 0.2) is 29.0 Å². The zero-order chi connectivity index (χ0) is 13.0. The van der Waals surface area contributed by atoms with Crippen molar-refractivity contribution in [2.75, 3.05) is 5.73 Å². The highest BCUT2D eigenvalue weighted by molar-refractivity contribution is 5.86. The molecule has 2 aromatic rings. The average molecular weight is 242 g/mol. The first-order valence-corrected chi connectivity index (χ1v) is 5.10. The van der Waals surface area contributed by atoms with Crippen LogP contribution in [-0.4, -0.2) is 11.4 Å². The minimum atomic E-state index is 0.189. The summed E-state index contributed by atoms with van der Waals surface area (Å²) in [7, 11) is 0. The minimum absolute atomic E-state index is 0.189. The Labute approximate surface area is 103 Å². The first kappa shape index (κ1) is 11.7. The van der Waals surface area contributed by atoms with Crippen LogP contribution in [0.1, 0.15) is 16.8 Å². The number of rotatable bonds is 4. The van der Waals surface area contributed by atoms with Gasteiger partial charge in [0.2, 0.25) is 0 Å². The van der Waals surface area contributed by atoms with E-state index in [2.05, 4.69) is 9.68 Å². The van der Waals surface area contributed by atoms with Crippen molar-refractivity contribution < 1.29 is 9.26 Å². The fourth-order valence-corrected chi connectivity index (χ4v) is 1.41. The van der Waals surface area contributed by atoms with Gasteiger partial charge in [0.1, 0.15) is 30.4 Å². The molecule has 3 N–H and O–H groups in total. The Kier molecular flexibility index (Phi) is 3.25. The van der Waals surface area contributed by atoms with E-state index in [4.69, 9.17) is 21.1 Å². The molecule has 0 spiro atoms. The first-order chi connectivity index (χ1) is 8.74. The molecule has 0 saturated heterocycles. The summed E-state index contributed by atoms with van der Waals surface area (Å²) >= 11 is 0. The number of nitriles is 1. The summed E-state index contributed by atoms with van der Waals surface area (Å²) < 4.78 is 10.1. The van der Waals surface area contributed by atoms with Crippen LogP contribution in [-0.2, 0) is 6.61 Å². The molecule has 18 heavy (non-hydrogen) atoms. The van der Waals surface area contributed by atoms with Gasteiger partial charge in [-0.05, 0) is 6.07 Å². The fraction of sp³-hybridized carbons (Fsp3) is 0.0833. The lowest BCUT2D eigenvalue weighted by Crippen LogP contribution is -2.01. The van der Waals surface area contributed by atoms with Crippen molar-refractivity contribution in [3.05, 3.63) is 41.3 Å². The third-order valence-corrected chi connectivity index (χ3v) is 2.33. The monoisotopic (exact) mass is 242 g/mol. The van der Waals surface area contributed by atoms with Crippen LogP contribution in [0.5, 0.6) is 5.75 Å².